The van der Waals surface area contributed by atoms with Crippen molar-refractivity contribution in [2.24, 2.45) is 0 Å². The molecule has 0 amide bonds. The van der Waals surface area contributed by atoms with Crippen molar-refractivity contribution in [3.05, 3.63) is 57.3 Å². The van der Waals surface area contributed by atoms with E-state index in [0.29, 0.717) is 11.1 Å². The van der Waals surface area contributed by atoms with Crippen LogP contribution in [0.1, 0.15) is 0 Å². The van der Waals surface area contributed by atoms with Crippen molar-refractivity contribution in [1.82, 2.24) is 9.97 Å². The molecule has 16 heavy (non-hydrogen) atoms. The van der Waals surface area contributed by atoms with Crippen molar-refractivity contribution < 1.29 is 4.92 Å². The first kappa shape index (κ1) is 10.0. The van der Waals surface area contributed by atoms with E-state index in [1.54, 1.807) is 0 Å². The SMILES string of the molecule is O=c1[nH]cncc1-c1ccc([N+](=O)[O-])cc1. The van der Waals surface area contributed by atoms with Gasteiger partial charge in [-0.2, -0.15) is 0 Å². The van der Waals surface area contributed by atoms with Gasteiger partial charge in [0.1, 0.15) is 0 Å². The molecule has 0 aliphatic heterocycles. The topological polar surface area (TPSA) is 88.9 Å². The minimum atomic E-state index is -0.489. The summed E-state index contributed by atoms with van der Waals surface area (Å²) in [6, 6.07) is 5.73. The van der Waals surface area contributed by atoms with E-state index in [4.69, 9.17) is 0 Å². The van der Waals surface area contributed by atoms with Gasteiger partial charge in [-0.25, -0.2) is 4.98 Å². The van der Waals surface area contributed by atoms with Gasteiger partial charge in [-0.15, -0.1) is 0 Å². The molecule has 0 saturated carbocycles. The van der Waals surface area contributed by atoms with E-state index in [1.807, 2.05) is 0 Å². The number of aromatic amines is 1. The third-order valence-electron chi connectivity index (χ3n) is 2.11. The van der Waals surface area contributed by atoms with Crippen LogP contribution in [0.5, 0.6) is 0 Å². The molecule has 6 nitrogen and oxygen atoms in total. The standard InChI is InChI=1S/C10H7N3O3/c14-10-9(5-11-6-12-10)7-1-3-8(4-2-7)13(15)16/h1-6H,(H,11,12,14). The fourth-order valence-corrected chi connectivity index (χ4v) is 1.31. The lowest BCUT2D eigenvalue weighted by atomic mass is 10.1. The highest BCUT2D eigenvalue weighted by molar-refractivity contribution is 5.62. The summed E-state index contributed by atoms with van der Waals surface area (Å²) >= 11 is 0. The highest BCUT2D eigenvalue weighted by atomic mass is 16.6. The normalized spacial score (nSPS) is 10.0. The maximum absolute atomic E-state index is 11.4. The highest BCUT2D eigenvalue weighted by Crippen LogP contribution is 2.18. The van der Waals surface area contributed by atoms with Gasteiger partial charge in [0.25, 0.3) is 11.2 Å². The molecule has 1 heterocycles. The zero-order chi connectivity index (χ0) is 11.5. The van der Waals surface area contributed by atoms with Crippen LogP contribution in [0.25, 0.3) is 11.1 Å². The Morgan fingerprint density at radius 1 is 1.25 bits per heavy atom. The Balaban J connectivity index is 2.47. The number of nitrogens with zero attached hydrogens (tertiary/aromatic N) is 2. The van der Waals surface area contributed by atoms with E-state index in [0.717, 1.165) is 0 Å². The number of hydrogen-bond donors (Lipinski definition) is 1. The van der Waals surface area contributed by atoms with Crippen LogP contribution in [0.15, 0.2) is 41.6 Å². The lowest BCUT2D eigenvalue weighted by Gasteiger charge is -1.98. The first-order valence-corrected chi connectivity index (χ1v) is 4.46. The quantitative estimate of drug-likeness (QED) is 0.607. The molecule has 2 aromatic rings. The van der Waals surface area contributed by atoms with Gasteiger partial charge in [-0.1, -0.05) is 0 Å². The Labute approximate surface area is 89.7 Å². The summed E-state index contributed by atoms with van der Waals surface area (Å²) in [5.74, 6) is 0. The average molecular weight is 217 g/mol. The number of nitrogens with one attached hydrogen (secondary N) is 1. The second-order valence-corrected chi connectivity index (χ2v) is 3.10. The number of benzene rings is 1. The molecule has 0 aliphatic rings. The van der Waals surface area contributed by atoms with Crippen molar-refractivity contribution in [2.45, 2.75) is 0 Å². The Bertz CT molecular complexity index is 574. The molecule has 0 aliphatic carbocycles. The predicted molar refractivity (Wildman–Crippen MR) is 56.9 cm³/mol. The molecule has 80 valence electrons. The van der Waals surface area contributed by atoms with E-state index in [2.05, 4.69) is 9.97 Å². The van der Waals surface area contributed by atoms with E-state index < -0.39 is 4.92 Å². The van der Waals surface area contributed by atoms with E-state index in [9.17, 15) is 14.9 Å². The summed E-state index contributed by atoms with van der Waals surface area (Å²) in [7, 11) is 0. The zero-order valence-corrected chi connectivity index (χ0v) is 8.08. The van der Waals surface area contributed by atoms with Crippen molar-refractivity contribution in [3.63, 3.8) is 0 Å². The van der Waals surface area contributed by atoms with Crippen LogP contribution in [0.2, 0.25) is 0 Å². The second kappa shape index (κ2) is 3.93. The van der Waals surface area contributed by atoms with E-state index in [1.165, 1.54) is 36.8 Å². The minimum Gasteiger partial charge on any atom is -0.313 e. The van der Waals surface area contributed by atoms with Gasteiger partial charge >= 0.3 is 0 Å². The molecule has 0 radical (unpaired) electrons. The fourth-order valence-electron chi connectivity index (χ4n) is 1.31. The van der Waals surface area contributed by atoms with Gasteiger partial charge in [0, 0.05) is 18.3 Å². The van der Waals surface area contributed by atoms with Gasteiger partial charge in [-0.3, -0.25) is 14.9 Å². The van der Waals surface area contributed by atoms with Crippen molar-refractivity contribution in [1.29, 1.82) is 0 Å². The molecule has 0 unspecified atom stereocenters. The van der Waals surface area contributed by atoms with Crippen molar-refractivity contribution in [2.75, 3.05) is 0 Å². The van der Waals surface area contributed by atoms with Crippen LogP contribution < -0.4 is 5.56 Å². The molecule has 0 atom stereocenters. The van der Waals surface area contributed by atoms with Crippen LogP contribution in [0.3, 0.4) is 0 Å². The van der Waals surface area contributed by atoms with Gasteiger partial charge in [0.2, 0.25) is 0 Å². The number of aromatic nitrogens is 2. The maximum Gasteiger partial charge on any atom is 0.269 e. The van der Waals surface area contributed by atoms with E-state index in [-0.39, 0.29) is 11.2 Å². The van der Waals surface area contributed by atoms with Gasteiger partial charge in [0.05, 0.1) is 16.8 Å². The van der Waals surface area contributed by atoms with Crippen LogP contribution >= 0.6 is 0 Å². The number of hydrogen-bond acceptors (Lipinski definition) is 4. The summed E-state index contributed by atoms with van der Waals surface area (Å²) in [4.78, 5) is 27.6. The smallest absolute Gasteiger partial charge is 0.269 e. The second-order valence-electron chi connectivity index (χ2n) is 3.10. The molecule has 0 spiro atoms. The summed E-state index contributed by atoms with van der Waals surface area (Å²) in [6.07, 6.45) is 2.71. The largest absolute Gasteiger partial charge is 0.313 e. The molecular weight excluding hydrogens is 210 g/mol. The number of non-ortho nitro benzene ring substituents is 1. The lowest BCUT2D eigenvalue weighted by molar-refractivity contribution is -0.384. The van der Waals surface area contributed by atoms with Gasteiger partial charge in [-0.05, 0) is 17.7 Å². The number of rotatable bonds is 2. The molecule has 0 fully saturated rings. The Morgan fingerprint density at radius 3 is 2.50 bits per heavy atom. The molecule has 0 saturated heterocycles. The third kappa shape index (κ3) is 1.81. The number of nitro benzene ring substituents is 1. The fraction of sp³-hybridized carbons (Fsp3) is 0. The average Bonchev–Trinajstić information content (AvgIpc) is 2.30. The monoisotopic (exact) mass is 217 g/mol. The number of H-pyrrole nitrogens is 1. The molecule has 6 heteroatoms. The van der Waals surface area contributed by atoms with E-state index >= 15 is 0 Å². The van der Waals surface area contributed by atoms with Crippen LogP contribution in [-0.4, -0.2) is 14.9 Å². The van der Waals surface area contributed by atoms with Crippen molar-refractivity contribution in [3.8, 4) is 11.1 Å². The van der Waals surface area contributed by atoms with Gasteiger partial charge < -0.3 is 4.98 Å². The maximum atomic E-state index is 11.4. The summed E-state index contributed by atoms with van der Waals surface area (Å²) in [6.45, 7) is 0. The molecule has 1 aromatic carbocycles. The molecule has 2 rings (SSSR count). The molecule has 1 N–H and O–H groups in total. The highest BCUT2D eigenvalue weighted by Gasteiger charge is 2.07. The Kier molecular flexibility index (Phi) is 2.47. The summed E-state index contributed by atoms with van der Waals surface area (Å²) < 4.78 is 0. The Hall–Kier alpha value is -2.50. The molecule has 0 bridgehead atoms. The lowest BCUT2D eigenvalue weighted by Crippen LogP contribution is -2.08. The summed E-state index contributed by atoms with van der Waals surface area (Å²) in [5.41, 5.74) is 0.699. The van der Waals surface area contributed by atoms with Crippen molar-refractivity contribution >= 4 is 5.69 Å². The first-order valence-electron chi connectivity index (χ1n) is 4.46. The van der Waals surface area contributed by atoms with Gasteiger partial charge in [0.15, 0.2) is 0 Å². The first-order chi connectivity index (χ1) is 7.68. The summed E-state index contributed by atoms with van der Waals surface area (Å²) in [5, 5.41) is 10.4. The van der Waals surface area contributed by atoms with Crippen LogP contribution in [-0.2, 0) is 0 Å². The number of nitro groups is 1. The van der Waals surface area contributed by atoms with Crippen LogP contribution in [0, 0.1) is 10.1 Å². The third-order valence-corrected chi connectivity index (χ3v) is 2.11. The minimum absolute atomic E-state index is 0.0101. The zero-order valence-electron chi connectivity index (χ0n) is 8.08. The molecule has 1 aromatic heterocycles. The predicted octanol–water partition coefficient (Wildman–Crippen LogP) is 1.35. The molecular formula is C10H7N3O3. The van der Waals surface area contributed by atoms with Crippen LogP contribution in [0.4, 0.5) is 5.69 Å². The Morgan fingerprint density at radius 2 is 1.94 bits per heavy atom.